The fourth-order valence-corrected chi connectivity index (χ4v) is 6.98. The number of nitrogens with zero attached hydrogens (tertiary/aromatic N) is 2. The van der Waals surface area contributed by atoms with Crippen molar-refractivity contribution >= 4 is 11.8 Å². The van der Waals surface area contributed by atoms with E-state index in [1.807, 2.05) is 4.90 Å². The molecule has 6 bridgehead atoms. The quantitative estimate of drug-likeness (QED) is 0.574. The second kappa shape index (κ2) is 7.39. The van der Waals surface area contributed by atoms with Gasteiger partial charge in [-0.25, -0.2) is 0 Å². The van der Waals surface area contributed by atoms with E-state index in [-0.39, 0.29) is 29.8 Å². The van der Waals surface area contributed by atoms with Crippen LogP contribution in [0, 0.1) is 5.41 Å². The SMILES string of the molecule is O=C1CCC/C=C\[C@H]2C[C@@]34C(=O)N5CCCC/C=C\CCc6cc(c(o6)[C@@H]3N12)[C@@H]4CC5. The molecule has 1 spiro atoms. The Kier molecular flexibility index (Phi) is 4.62. The van der Waals surface area contributed by atoms with Crippen LogP contribution in [0.4, 0.5) is 0 Å². The van der Waals surface area contributed by atoms with Crippen LogP contribution < -0.4 is 0 Å². The number of aryl methyl sites for hydroxylation is 1. The summed E-state index contributed by atoms with van der Waals surface area (Å²) in [6, 6.07) is 1.99. The number of allylic oxidation sites excluding steroid dienone is 3. The maximum atomic E-state index is 14.1. The number of carbonyl (C=O) groups is 2. The number of carbonyl (C=O) groups excluding carboxylic acids is 2. The van der Waals surface area contributed by atoms with Gasteiger partial charge in [-0.05, 0) is 57.4 Å². The third-order valence-corrected chi connectivity index (χ3v) is 8.31. The summed E-state index contributed by atoms with van der Waals surface area (Å²) in [6.45, 7) is 1.65. The monoisotopic (exact) mass is 420 g/mol. The van der Waals surface area contributed by atoms with Crippen LogP contribution >= 0.6 is 0 Å². The van der Waals surface area contributed by atoms with E-state index in [9.17, 15) is 9.59 Å². The van der Waals surface area contributed by atoms with Gasteiger partial charge in [0.15, 0.2) is 0 Å². The maximum Gasteiger partial charge on any atom is 0.232 e. The van der Waals surface area contributed by atoms with Crippen LogP contribution in [-0.4, -0.2) is 40.7 Å². The third kappa shape index (κ3) is 2.81. The lowest BCUT2D eigenvalue weighted by Gasteiger charge is -2.44. The zero-order valence-electron chi connectivity index (χ0n) is 18.2. The van der Waals surface area contributed by atoms with Gasteiger partial charge in [0.25, 0.3) is 0 Å². The molecule has 0 saturated carbocycles. The molecule has 0 unspecified atom stereocenters. The molecule has 31 heavy (non-hydrogen) atoms. The highest BCUT2D eigenvalue weighted by molar-refractivity contribution is 5.90. The van der Waals surface area contributed by atoms with Crippen LogP contribution in [0.3, 0.4) is 0 Å². The van der Waals surface area contributed by atoms with Crippen molar-refractivity contribution in [2.24, 2.45) is 5.41 Å². The normalized spacial score (nSPS) is 37.1. The average Bonchev–Trinajstić information content (AvgIpc) is 3.36. The van der Waals surface area contributed by atoms with E-state index in [4.69, 9.17) is 4.42 Å². The predicted octanol–water partition coefficient (Wildman–Crippen LogP) is 4.65. The Morgan fingerprint density at radius 2 is 1.84 bits per heavy atom. The second-order valence-electron chi connectivity index (χ2n) is 10.0. The molecule has 5 heteroatoms. The first-order chi connectivity index (χ1) is 15.2. The summed E-state index contributed by atoms with van der Waals surface area (Å²) in [7, 11) is 0. The minimum atomic E-state index is -0.543. The number of furan rings is 1. The second-order valence-corrected chi connectivity index (χ2v) is 10.0. The van der Waals surface area contributed by atoms with Crippen LogP contribution in [-0.2, 0) is 16.0 Å². The Morgan fingerprint density at radius 1 is 0.968 bits per heavy atom. The van der Waals surface area contributed by atoms with Crippen molar-refractivity contribution in [2.75, 3.05) is 13.1 Å². The van der Waals surface area contributed by atoms with E-state index in [1.54, 1.807) is 0 Å². The highest BCUT2D eigenvalue weighted by atomic mass is 16.3. The standard InChI is InChI=1S/C26H32N2O3/c29-22-12-8-5-6-10-18-17-26-21-13-15-27(25(26)30)14-9-4-2-1-3-7-11-19-16-20(21)23(31-19)24(26)28(18)22/h1,3,6,10,16,18,21,24H,2,4-5,7-9,11-15,17H2/b3-1-,10-6-/t18-,21-,24-,26-/m0/s1. The highest BCUT2D eigenvalue weighted by Gasteiger charge is 2.69. The van der Waals surface area contributed by atoms with Gasteiger partial charge in [-0.1, -0.05) is 24.3 Å². The molecule has 1 aromatic rings. The zero-order valence-corrected chi connectivity index (χ0v) is 18.2. The number of piperidine rings is 1. The summed E-state index contributed by atoms with van der Waals surface area (Å²) in [6.07, 6.45) is 18.1. The molecule has 7 rings (SSSR count). The van der Waals surface area contributed by atoms with E-state index in [1.165, 1.54) is 5.56 Å². The number of fused-ring (bicyclic) bond motifs is 8. The molecule has 5 aliphatic heterocycles. The van der Waals surface area contributed by atoms with Crippen LogP contribution in [0.2, 0.25) is 0 Å². The van der Waals surface area contributed by atoms with Crippen LogP contribution in [0.15, 0.2) is 34.8 Å². The van der Waals surface area contributed by atoms with Crippen LogP contribution in [0.5, 0.6) is 0 Å². The molecule has 4 atom stereocenters. The fourth-order valence-electron chi connectivity index (χ4n) is 6.98. The first-order valence-corrected chi connectivity index (χ1v) is 12.2. The third-order valence-electron chi connectivity index (χ3n) is 8.31. The zero-order chi connectivity index (χ0) is 21.0. The smallest absolute Gasteiger partial charge is 0.232 e. The van der Waals surface area contributed by atoms with Gasteiger partial charge in [0.2, 0.25) is 11.8 Å². The van der Waals surface area contributed by atoms with Gasteiger partial charge in [-0.15, -0.1) is 0 Å². The van der Waals surface area contributed by atoms with Gasteiger partial charge in [0, 0.05) is 37.4 Å². The van der Waals surface area contributed by atoms with Crippen molar-refractivity contribution in [3.05, 3.63) is 47.5 Å². The molecule has 164 valence electrons. The number of hydrogen-bond donors (Lipinski definition) is 0. The topological polar surface area (TPSA) is 53.8 Å². The minimum absolute atomic E-state index is 0.00715. The molecule has 6 heterocycles. The summed E-state index contributed by atoms with van der Waals surface area (Å²) in [4.78, 5) is 31.6. The molecule has 2 saturated heterocycles. The highest BCUT2D eigenvalue weighted by Crippen LogP contribution is 2.67. The van der Waals surface area contributed by atoms with Crippen molar-refractivity contribution < 1.29 is 14.0 Å². The summed E-state index contributed by atoms with van der Waals surface area (Å²) in [5.74, 6) is 2.54. The number of rotatable bonds is 0. The predicted molar refractivity (Wildman–Crippen MR) is 117 cm³/mol. The number of amides is 2. The summed E-state index contributed by atoms with van der Waals surface area (Å²) < 4.78 is 6.49. The summed E-state index contributed by atoms with van der Waals surface area (Å²) in [5.41, 5.74) is 0.669. The first kappa shape index (κ1) is 19.4. The van der Waals surface area contributed by atoms with E-state index in [0.717, 1.165) is 82.4 Å². The molecule has 1 aliphatic carbocycles. The first-order valence-electron chi connectivity index (χ1n) is 12.2. The van der Waals surface area contributed by atoms with Crippen molar-refractivity contribution in [1.82, 2.24) is 9.80 Å². The van der Waals surface area contributed by atoms with E-state index >= 15 is 0 Å². The van der Waals surface area contributed by atoms with Gasteiger partial charge < -0.3 is 14.2 Å². The molecule has 2 fully saturated rings. The van der Waals surface area contributed by atoms with Gasteiger partial charge in [-0.2, -0.15) is 0 Å². The largest absolute Gasteiger partial charge is 0.464 e. The van der Waals surface area contributed by atoms with Crippen molar-refractivity contribution in [1.29, 1.82) is 0 Å². The van der Waals surface area contributed by atoms with E-state index in [0.29, 0.717) is 6.42 Å². The van der Waals surface area contributed by atoms with Gasteiger partial charge in [0.05, 0.1) is 11.5 Å². The molecular weight excluding hydrogens is 388 g/mol. The van der Waals surface area contributed by atoms with Gasteiger partial charge in [0.1, 0.15) is 17.6 Å². The summed E-state index contributed by atoms with van der Waals surface area (Å²) >= 11 is 0. The van der Waals surface area contributed by atoms with E-state index in [2.05, 4.69) is 35.3 Å². The Labute approximate surface area is 184 Å². The molecule has 1 aromatic heterocycles. The van der Waals surface area contributed by atoms with Gasteiger partial charge in [-0.3, -0.25) is 9.59 Å². The van der Waals surface area contributed by atoms with Crippen molar-refractivity contribution in [2.45, 2.75) is 82.2 Å². The van der Waals surface area contributed by atoms with Crippen molar-refractivity contribution in [3.63, 3.8) is 0 Å². The van der Waals surface area contributed by atoms with Crippen LogP contribution in [0.25, 0.3) is 0 Å². The van der Waals surface area contributed by atoms with Crippen LogP contribution in [0.1, 0.15) is 86.8 Å². The maximum absolute atomic E-state index is 14.1. The number of hydrogen-bond acceptors (Lipinski definition) is 3. The molecule has 0 aromatic carbocycles. The Hall–Kier alpha value is -2.30. The fraction of sp³-hybridized carbons (Fsp3) is 0.615. The average molecular weight is 421 g/mol. The summed E-state index contributed by atoms with van der Waals surface area (Å²) in [5, 5.41) is 0. The molecule has 5 nitrogen and oxygen atoms in total. The lowest BCUT2D eigenvalue weighted by Crippen LogP contribution is -2.53. The molecule has 6 aliphatic rings. The molecule has 0 N–H and O–H groups in total. The minimum Gasteiger partial charge on any atom is -0.464 e. The lowest BCUT2D eigenvalue weighted by molar-refractivity contribution is -0.151. The lowest BCUT2D eigenvalue weighted by atomic mass is 9.67. The Bertz CT molecular complexity index is 960. The van der Waals surface area contributed by atoms with Gasteiger partial charge >= 0.3 is 0 Å². The molecule has 2 amide bonds. The van der Waals surface area contributed by atoms with E-state index < -0.39 is 5.41 Å². The molecule has 0 radical (unpaired) electrons. The van der Waals surface area contributed by atoms with Crippen molar-refractivity contribution in [3.8, 4) is 0 Å². The molecular formula is C26H32N2O3. The Balaban J connectivity index is 1.49. The Morgan fingerprint density at radius 3 is 2.77 bits per heavy atom.